The first-order valence-electron chi connectivity index (χ1n) is 9.20. The zero-order valence-electron chi connectivity index (χ0n) is 16.2. The number of aryl methyl sites for hydroxylation is 1. The Morgan fingerprint density at radius 2 is 1.88 bits per heavy atom. The van der Waals surface area contributed by atoms with Crippen LogP contribution in [0.4, 0.5) is 0 Å². The van der Waals surface area contributed by atoms with E-state index in [-0.39, 0.29) is 24.0 Å². The molecule has 1 aromatic carbocycles. The van der Waals surface area contributed by atoms with Crippen molar-refractivity contribution < 1.29 is 4.52 Å². The second kappa shape index (κ2) is 11.9. The Hall–Kier alpha value is -1.57. The molecule has 0 fully saturated rings. The number of halogens is 1. The summed E-state index contributed by atoms with van der Waals surface area (Å²) in [5.41, 5.74) is 3.53. The topological polar surface area (TPSA) is 62.5 Å². The fourth-order valence-electron chi connectivity index (χ4n) is 2.78. The number of nitrogens with zero attached hydrogens (tertiary/aromatic N) is 2. The summed E-state index contributed by atoms with van der Waals surface area (Å²) in [6.45, 7) is 10.6. The smallest absolute Gasteiger partial charge is 0.191 e. The maximum atomic E-state index is 5.46. The van der Waals surface area contributed by atoms with Crippen LogP contribution in [0.25, 0.3) is 0 Å². The van der Waals surface area contributed by atoms with Crippen molar-refractivity contribution in [1.82, 2.24) is 15.8 Å². The molecule has 0 radical (unpaired) electrons. The first kappa shape index (κ1) is 22.5. The lowest BCUT2D eigenvalue weighted by Gasteiger charge is -2.10. The van der Waals surface area contributed by atoms with Gasteiger partial charge in [-0.2, -0.15) is 0 Å². The van der Waals surface area contributed by atoms with Crippen molar-refractivity contribution in [3.8, 4) is 0 Å². The molecule has 0 atom stereocenters. The van der Waals surface area contributed by atoms with Crippen molar-refractivity contribution >= 4 is 29.9 Å². The lowest BCUT2D eigenvalue weighted by Crippen LogP contribution is -2.36. The molecule has 1 aromatic heterocycles. The normalized spacial score (nSPS) is 11.3. The SMILES string of the molecule is CCNC(=NCc1ccccc1C)NCc1cc(C(CC)CC)no1.I. The summed E-state index contributed by atoms with van der Waals surface area (Å²) in [6, 6.07) is 10.4. The minimum absolute atomic E-state index is 0. The van der Waals surface area contributed by atoms with E-state index in [2.05, 4.69) is 66.7 Å². The zero-order valence-corrected chi connectivity index (χ0v) is 18.5. The molecule has 0 saturated heterocycles. The van der Waals surface area contributed by atoms with Gasteiger partial charge in [-0.25, -0.2) is 4.99 Å². The number of benzene rings is 1. The zero-order chi connectivity index (χ0) is 18.1. The monoisotopic (exact) mass is 470 g/mol. The van der Waals surface area contributed by atoms with Crippen LogP contribution in [0.5, 0.6) is 0 Å². The van der Waals surface area contributed by atoms with Gasteiger partial charge in [-0.3, -0.25) is 0 Å². The van der Waals surface area contributed by atoms with Gasteiger partial charge in [-0.05, 0) is 37.8 Å². The largest absolute Gasteiger partial charge is 0.359 e. The van der Waals surface area contributed by atoms with E-state index >= 15 is 0 Å². The van der Waals surface area contributed by atoms with Gasteiger partial charge in [0.25, 0.3) is 0 Å². The Bertz CT molecular complexity index is 680. The van der Waals surface area contributed by atoms with Crippen LogP contribution in [0.2, 0.25) is 0 Å². The molecule has 0 aliphatic heterocycles. The van der Waals surface area contributed by atoms with Gasteiger partial charge in [-0.15, -0.1) is 24.0 Å². The van der Waals surface area contributed by atoms with Gasteiger partial charge in [0.15, 0.2) is 11.7 Å². The molecule has 1 heterocycles. The van der Waals surface area contributed by atoms with Crippen molar-refractivity contribution in [3.05, 3.63) is 52.9 Å². The van der Waals surface area contributed by atoms with Gasteiger partial charge in [0.05, 0.1) is 18.8 Å². The maximum Gasteiger partial charge on any atom is 0.191 e. The fourth-order valence-corrected chi connectivity index (χ4v) is 2.78. The number of hydrogen-bond donors (Lipinski definition) is 2. The molecule has 0 aliphatic carbocycles. The second-order valence-electron chi connectivity index (χ2n) is 6.21. The molecule has 0 aliphatic rings. The second-order valence-corrected chi connectivity index (χ2v) is 6.21. The minimum Gasteiger partial charge on any atom is -0.359 e. The van der Waals surface area contributed by atoms with Crippen LogP contribution in [-0.2, 0) is 13.1 Å². The number of aromatic nitrogens is 1. The van der Waals surface area contributed by atoms with Crippen molar-refractivity contribution in [3.63, 3.8) is 0 Å². The third-order valence-corrected chi connectivity index (χ3v) is 4.42. The highest BCUT2D eigenvalue weighted by Gasteiger charge is 2.13. The molecular formula is C20H31IN4O. The standard InChI is InChI=1S/C20H30N4O.HI/c1-5-16(6-2)19-12-18(25-24-19)14-23-20(21-7-3)22-13-17-11-9-8-10-15(17)4;/h8-12,16H,5-7,13-14H2,1-4H3,(H2,21,22,23);1H. The van der Waals surface area contributed by atoms with E-state index in [1.54, 1.807) is 0 Å². The Morgan fingerprint density at radius 3 is 2.54 bits per heavy atom. The van der Waals surface area contributed by atoms with E-state index in [1.165, 1.54) is 11.1 Å². The van der Waals surface area contributed by atoms with E-state index in [0.29, 0.717) is 19.0 Å². The van der Waals surface area contributed by atoms with Crippen molar-refractivity contribution in [2.75, 3.05) is 6.54 Å². The summed E-state index contributed by atoms with van der Waals surface area (Å²) >= 11 is 0. The Morgan fingerprint density at radius 1 is 1.15 bits per heavy atom. The van der Waals surface area contributed by atoms with Gasteiger partial charge in [-0.1, -0.05) is 43.3 Å². The van der Waals surface area contributed by atoms with Crippen LogP contribution in [0, 0.1) is 6.92 Å². The van der Waals surface area contributed by atoms with Gasteiger partial charge in [0, 0.05) is 18.5 Å². The molecule has 144 valence electrons. The fraction of sp³-hybridized carbons (Fsp3) is 0.500. The molecule has 5 nitrogen and oxygen atoms in total. The predicted octanol–water partition coefficient (Wildman–Crippen LogP) is 4.76. The summed E-state index contributed by atoms with van der Waals surface area (Å²) < 4.78 is 5.46. The summed E-state index contributed by atoms with van der Waals surface area (Å²) in [4.78, 5) is 4.67. The molecule has 2 N–H and O–H groups in total. The van der Waals surface area contributed by atoms with Crippen LogP contribution < -0.4 is 10.6 Å². The molecule has 2 rings (SSSR count). The molecule has 0 amide bonds. The Kier molecular flexibility index (Phi) is 10.3. The van der Waals surface area contributed by atoms with Gasteiger partial charge in [0.2, 0.25) is 0 Å². The maximum absolute atomic E-state index is 5.46. The van der Waals surface area contributed by atoms with Crippen molar-refractivity contribution in [2.45, 2.75) is 59.5 Å². The van der Waals surface area contributed by atoms with Crippen LogP contribution in [0.15, 0.2) is 39.8 Å². The number of nitrogens with one attached hydrogen (secondary N) is 2. The molecule has 0 bridgehead atoms. The van der Waals surface area contributed by atoms with Crippen LogP contribution in [0.1, 0.15) is 62.1 Å². The average Bonchev–Trinajstić information content (AvgIpc) is 3.08. The Labute approximate surface area is 174 Å². The highest BCUT2D eigenvalue weighted by Crippen LogP contribution is 2.22. The highest BCUT2D eigenvalue weighted by atomic mass is 127. The summed E-state index contributed by atoms with van der Waals surface area (Å²) in [6.07, 6.45) is 2.16. The summed E-state index contributed by atoms with van der Waals surface area (Å²) in [5, 5.41) is 10.8. The van der Waals surface area contributed by atoms with Gasteiger partial charge < -0.3 is 15.2 Å². The molecule has 26 heavy (non-hydrogen) atoms. The quantitative estimate of drug-likeness (QED) is 0.332. The summed E-state index contributed by atoms with van der Waals surface area (Å²) in [7, 11) is 0. The van der Waals surface area contributed by atoms with Gasteiger partial charge in [0.1, 0.15) is 0 Å². The number of guanidine groups is 1. The minimum atomic E-state index is 0. The van der Waals surface area contributed by atoms with E-state index in [9.17, 15) is 0 Å². The van der Waals surface area contributed by atoms with Crippen LogP contribution in [0.3, 0.4) is 0 Å². The van der Waals surface area contributed by atoms with E-state index in [4.69, 9.17) is 4.52 Å². The van der Waals surface area contributed by atoms with Crippen LogP contribution in [-0.4, -0.2) is 17.7 Å². The molecule has 2 aromatic rings. The average molecular weight is 470 g/mol. The third-order valence-electron chi connectivity index (χ3n) is 4.42. The molecular weight excluding hydrogens is 439 g/mol. The lowest BCUT2D eigenvalue weighted by molar-refractivity contribution is 0.368. The number of hydrogen-bond acceptors (Lipinski definition) is 3. The number of rotatable bonds is 8. The third kappa shape index (κ3) is 6.63. The molecule has 0 spiro atoms. The Balaban J connectivity index is 0.00000338. The number of aliphatic imine (C=N–C) groups is 1. The molecule has 6 heteroatoms. The predicted molar refractivity (Wildman–Crippen MR) is 118 cm³/mol. The van der Waals surface area contributed by atoms with Crippen molar-refractivity contribution in [2.24, 2.45) is 4.99 Å². The first-order chi connectivity index (χ1) is 12.2. The first-order valence-corrected chi connectivity index (χ1v) is 9.20. The van der Waals surface area contributed by atoms with E-state index < -0.39 is 0 Å². The van der Waals surface area contributed by atoms with E-state index in [1.807, 2.05) is 12.1 Å². The van der Waals surface area contributed by atoms with Crippen molar-refractivity contribution in [1.29, 1.82) is 0 Å². The van der Waals surface area contributed by atoms with Gasteiger partial charge >= 0.3 is 0 Å². The van der Waals surface area contributed by atoms with E-state index in [0.717, 1.165) is 36.8 Å². The molecule has 0 saturated carbocycles. The molecule has 0 unspecified atom stereocenters. The van der Waals surface area contributed by atoms with Crippen LogP contribution >= 0.6 is 24.0 Å². The lowest BCUT2D eigenvalue weighted by atomic mass is 9.99. The highest BCUT2D eigenvalue weighted by molar-refractivity contribution is 14.0. The summed E-state index contributed by atoms with van der Waals surface area (Å²) in [5.74, 6) is 2.09.